The molecule has 0 atom stereocenters. The van der Waals surface area contributed by atoms with Crippen LogP contribution in [-0.4, -0.2) is 24.5 Å². The van der Waals surface area contributed by atoms with Gasteiger partial charge in [0.05, 0.1) is 10.7 Å². The molecule has 2 aromatic rings. The summed E-state index contributed by atoms with van der Waals surface area (Å²) in [7, 11) is 1.81. The summed E-state index contributed by atoms with van der Waals surface area (Å²) in [5.41, 5.74) is 5.51. The van der Waals surface area contributed by atoms with E-state index in [1.807, 2.05) is 14.0 Å². The number of halogens is 1. The minimum Gasteiger partial charge on any atom is -0.356 e. The van der Waals surface area contributed by atoms with Crippen LogP contribution in [0.2, 0.25) is 0 Å². The highest BCUT2D eigenvalue weighted by atomic mass is 127. The lowest BCUT2D eigenvalue weighted by atomic mass is 10.1. The van der Waals surface area contributed by atoms with E-state index in [0.717, 1.165) is 36.2 Å². The molecule has 1 aromatic heterocycles. The van der Waals surface area contributed by atoms with Crippen molar-refractivity contribution in [3.63, 3.8) is 0 Å². The van der Waals surface area contributed by atoms with Gasteiger partial charge < -0.3 is 10.6 Å². The number of guanidine groups is 1. The maximum Gasteiger partial charge on any atom is 0.191 e. The number of hydrogen-bond donors (Lipinski definition) is 2. The molecule has 0 bridgehead atoms. The second kappa shape index (κ2) is 9.36. The third-order valence-corrected chi connectivity index (χ3v) is 5.01. The molecule has 1 aliphatic carbocycles. The van der Waals surface area contributed by atoms with Crippen LogP contribution in [0.5, 0.6) is 0 Å². The number of rotatable bonds is 5. The fourth-order valence-corrected chi connectivity index (χ4v) is 3.62. The Labute approximate surface area is 165 Å². The first kappa shape index (κ1) is 19.2. The fraction of sp³-hybridized carbons (Fsp3) is 0.444. The summed E-state index contributed by atoms with van der Waals surface area (Å²) >= 11 is 1.70. The van der Waals surface area contributed by atoms with E-state index in [4.69, 9.17) is 0 Å². The van der Waals surface area contributed by atoms with Gasteiger partial charge in [-0.05, 0) is 42.9 Å². The van der Waals surface area contributed by atoms with Gasteiger partial charge in [-0.15, -0.1) is 35.3 Å². The van der Waals surface area contributed by atoms with Gasteiger partial charge >= 0.3 is 0 Å². The van der Waals surface area contributed by atoms with Crippen LogP contribution in [0.15, 0.2) is 28.6 Å². The molecule has 0 saturated heterocycles. The Kier molecular flexibility index (Phi) is 7.48. The minimum atomic E-state index is 0. The maximum atomic E-state index is 4.48. The standard InChI is InChI=1S/C18H24N4S.HI/c1-13-22-17(12-23-13)8-9-20-18(19-2)21-11-14-6-7-15-4-3-5-16(15)10-14;/h6-7,10,12H,3-5,8-9,11H2,1-2H3,(H2,19,20,21);1H. The molecule has 6 heteroatoms. The summed E-state index contributed by atoms with van der Waals surface area (Å²) in [4.78, 5) is 8.77. The third kappa shape index (κ3) is 5.17. The Morgan fingerprint density at radius 1 is 1.25 bits per heavy atom. The maximum absolute atomic E-state index is 4.48. The largest absolute Gasteiger partial charge is 0.356 e. The zero-order valence-electron chi connectivity index (χ0n) is 14.3. The lowest BCUT2D eigenvalue weighted by Gasteiger charge is -2.12. The molecule has 0 radical (unpaired) electrons. The van der Waals surface area contributed by atoms with Gasteiger partial charge in [0.1, 0.15) is 0 Å². The summed E-state index contributed by atoms with van der Waals surface area (Å²) in [6, 6.07) is 6.84. The van der Waals surface area contributed by atoms with Gasteiger partial charge in [-0.2, -0.15) is 0 Å². The average molecular weight is 456 g/mol. The van der Waals surface area contributed by atoms with Crippen molar-refractivity contribution in [1.29, 1.82) is 0 Å². The summed E-state index contributed by atoms with van der Waals surface area (Å²) < 4.78 is 0. The van der Waals surface area contributed by atoms with Crippen LogP contribution in [0.1, 0.15) is 33.8 Å². The van der Waals surface area contributed by atoms with Gasteiger partial charge in [-0.1, -0.05) is 18.2 Å². The van der Waals surface area contributed by atoms with E-state index >= 15 is 0 Å². The van der Waals surface area contributed by atoms with Crippen molar-refractivity contribution in [2.24, 2.45) is 4.99 Å². The molecular formula is C18H25IN4S. The summed E-state index contributed by atoms with van der Waals surface area (Å²) in [6.07, 6.45) is 4.68. The molecule has 0 saturated carbocycles. The van der Waals surface area contributed by atoms with Crippen molar-refractivity contribution < 1.29 is 0 Å². The molecule has 0 fully saturated rings. The average Bonchev–Trinajstić information content (AvgIpc) is 3.18. The predicted molar refractivity (Wildman–Crippen MR) is 113 cm³/mol. The highest BCUT2D eigenvalue weighted by Crippen LogP contribution is 2.22. The van der Waals surface area contributed by atoms with Gasteiger partial charge in [0.25, 0.3) is 0 Å². The molecule has 1 heterocycles. The number of fused-ring (bicyclic) bond motifs is 1. The Hall–Kier alpha value is -1.15. The van der Waals surface area contributed by atoms with Crippen molar-refractivity contribution in [3.8, 4) is 0 Å². The second-order valence-corrected chi connectivity index (χ2v) is 6.98. The molecule has 24 heavy (non-hydrogen) atoms. The Balaban J connectivity index is 0.00000208. The SMILES string of the molecule is CN=C(NCCc1csc(C)n1)NCc1ccc2c(c1)CCC2.I. The minimum absolute atomic E-state index is 0. The predicted octanol–water partition coefficient (Wildman–Crippen LogP) is 3.47. The van der Waals surface area contributed by atoms with Crippen LogP contribution in [0, 0.1) is 6.92 Å². The number of aryl methyl sites for hydroxylation is 3. The number of nitrogens with one attached hydrogen (secondary N) is 2. The van der Waals surface area contributed by atoms with Crippen molar-refractivity contribution in [2.75, 3.05) is 13.6 Å². The monoisotopic (exact) mass is 456 g/mol. The first-order valence-corrected chi connectivity index (χ1v) is 9.09. The first-order chi connectivity index (χ1) is 11.2. The molecule has 3 rings (SSSR count). The zero-order valence-corrected chi connectivity index (χ0v) is 17.4. The van der Waals surface area contributed by atoms with Crippen LogP contribution in [0.4, 0.5) is 0 Å². The van der Waals surface area contributed by atoms with Gasteiger partial charge in [-0.25, -0.2) is 4.98 Å². The molecule has 130 valence electrons. The summed E-state index contributed by atoms with van der Waals surface area (Å²) in [5, 5.41) is 9.99. The molecule has 1 aliphatic rings. The van der Waals surface area contributed by atoms with E-state index < -0.39 is 0 Å². The van der Waals surface area contributed by atoms with E-state index in [9.17, 15) is 0 Å². The van der Waals surface area contributed by atoms with Crippen LogP contribution < -0.4 is 10.6 Å². The van der Waals surface area contributed by atoms with Crippen LogP contribution in [0.25, 0.3) is 0 Å². The van der Waals surface area contributed by atoms with Crippen molar-refractivity contribution >= 4 is 41.3 Å². The van der Waals surface area contributed by atoms with E-state index in [1.54, 1.807) is 11.3 Å². The highest BCUT2D eigenvalue weighted by Gasteiger charge is 2.10. The summed E-state index contributed by atoms with van der Waals surface area (Å²) in [5.74, 6) is 0.845. The number of aliphatic imine (C=N–C) groups is 1. The zero-order chi connectivity index (χ0) is 16.1. The normalized spacial score (nSPS) is 13.3. The highest BCUT2D eigenvalue weighted by molar-refractivity contribution is 14.0. The number of benzene rings is 1. The van der Waals surface area contributed by atoms with Crippen molar-refractivity contribution in [1.82, 2.24) is 15.6 Å². The molecule has 0 aliphatic heterocycles. The molecular weight excluding hydrogens is 431 g/mol. The quantitative estimate of drug-likeness (QED) is 0.412. The van der Waals surface area contributed by atoms with E-state index in [1.165, 1.54) is 36.0 Å². The number of aromatic nitrogens is 1. The van der Waals surface area contributed by atoms with Crippen LogP contribution >= 0.6 is 35.3 Å². The topological polar surface area (TPSA) is 49.3 Å². The second-order valence-electron chi connectivity index (χ2n) is 5.92. The number of thiazole rings is 1. The van der Waals surface area contributed by atoms with E-state index in [2.05, 4.69) is 44.2 Å². The molecule has 0 spiro atoms. The fourth-order valence-electron chi connectivity index (χ4n) is 2.97. The smallest absolute Gasteiger partial charge is 0.191 e. The van der Waals surface area contributed by atoms with E-state index in [0.29, 0.717) is 0 Å². The molecule has 1 aromatic carbocycles. The van der Waals surface area contributed by atoms with Gasteiger partial charge in [0, 0.05) is 31.9 Å². The lowest BCUT2D eigenvalue weighted by Crippen LogP contribution is -2.37. The van der Waals surface area contributed by atoms with Crippen LogP contribution in [0.3, 0.4) is 0 Å². The summed E-state index contributed by atoms with van der Waals surface area (Å²) in [6.45, 7) is 3.69. The van der Waals surface area contributed by atoms with Crippen molar-refractivity contribution in [2.45, 2.75) is 39.2 Å². The Morgan fingerprint density at radius 2 is 2.08 bits per heavy atom. The number of nitrogens with zero attached hydrogens (tertiary/aromatic N) is 2. The first-order valence-electron chi connectivity index (χ1n) is 8.21. The van der Waals surface area contributed by atoms with E-state index in [-0.39, 0.29) is 24.0 Å². The molecule has 4 nitrogen and oxygen atoms in total. The van der Waals surface area contributed by atoms with Crippen LogP contribution in [-0.2, 0) is 25.8 Å². The van der Waals surface area contributed by atoms with Gasteiger partial charge in [-0.3, -0.25) is 4.99 Å². The Bertz CT molecular complexity index is 696. The molecule has 0 amide bonds. The van der Waals surface area contributed by atoms with Crippen molar-refractivity contribution in [3.05, 3.63) is 51.0 Å². The molecule has 0 unspecified atom stereocenters. The number of hydrogen-bond acceptors (Lipinski definition) is 3. The Morgan fingerprint density at radius 3 is 2.83 bits per heavy atom. The lowest BCUT2D eigenvalue weighted by molar-refractivity contribution is 0.785. The van der Waals surface area contributed by atoms with Gasteiger partial charge in [0.2, 0.25) is 0 Å². The third-order valence-electron chi connectivity index (χ3n) is 4.19. The molecule has 2 N–H and O–H groups in total. The van der Waals surface area contributed by atoms with Gasteiger partial charge in [0.15, 0.2) is 5.96 Å².